The predicted octanol–water partition coefficient (Wildman–Crippen LogP) is 1.03. The maximum absolute atomic E-state index is 8.09. The van der Waals surface area contributed by atoms with Crippen LogP contribution in [0.4, 0.5) is 0 Å². The van der Waals surface area contributed by atoms with Crippen LogP contribution in [0.1, 0.15) is 0 Å². The Kier molecular flexibility index (Phi) is 1.25. The summed E-state index contributed by atoms with van der Waals surface area (Å²) >= 11 is 0. The summed E-state index contributed by atoms with van der Waals surface area (Å²) in [5, 5.41) is 8.09. The Bertz CT molecular complexity index is 189. The zero-order chi connectivity index (χ0) is 5.82. The van der Waals surface area contributed by atoms with Crippen molar-refractivity contribution in [1.29, 1.82) is 5.26 Å². The van der Waals surface area contributed by atoms with Gasteiger partial charge in [-0.1, -0.05) is 0 Å². The van der Waals surface area contributed by atoms with Gasteiger partial charge in [0.2, 0.25) is 0 Å². The first-order chi connectivity index (χ1) is 3.93. The van der Waals surface area contributed by atoms with Crippen molar-refractivity contribution in [2.45, 2.75) is 0 Å². The number of hydrogen-bond donors (Lipinski definition) is 0. The number of allylic oxidation sites excluding steroid dienone is 3. The largest absolute Gasteiger partial charge is 0.256 e. The molecule has 0 amide bonds. The number of hydrogen-bond acceptors (Lipinski definition) is 2. The van der Waals surface area contributed by atoms with Gasteiger partial charge in [-0.05, 0) is 12.2 Å². The second-order valence-corrected chi connectivity index (χ2v) is 1.34. The summed E-state index contributed by atoms with van der Waals surface area (Å²) in [6.07, 6.45) is 6.63. The van der Waals surface area contributed by atoms with Gasteiger partial charge < -0.3 is 0 Å². The van der Waals surface area contributed by atoms with Crippen molar-refractivity contribution >= 4 is 6.21 Å². The average Bonchev–Trinajstić information content (AvgIpc) is 2.19. The number of aliphatic imine (C=N–C) groups is 1. The van der Waals surface area contributed by atoms with E-state index in [4.69, 9.17) is 5.26 Å². The maximum Gasteiger partial charge on any atom is 0.0934 e. The van der Waals surface area contributed by atoms with E-state index < -0.39 is 0 Å². The Morgan fingerprint density at radius 2 is 2.62 bits per heavy atom. The molecule has 0 aromatic rings. The van der Waals surface area contributed by atoms with Crippen LogP contribution >= 0.6 is 0 Å². The molecule has 1 aliphatic rings. The quantitative estimate of drug-likeness (QED) is 0.423. The Balaban J connectivity index is 2.79. The van der Waals surface area contributed by atoms with Crippen LogP contribution in [0.25, 0.3) is 0 Å². The molecule has 0 fully saturated rings. The molecule has 0 spiro atoms. The van der Waals surface area contributed by atoms with Gasteiger partial charge in [0.05, 0.1) is 11.8 Å². The van der Waals surface area contributed by atoms with Crippen LogP contribution in [-0.4, -0.2) is 6.21 Å². The van der Waals surface area contributed by atoms with Crippen LogP contribution in [0.2, 0.25) is 0 Å². The highest BCUT2D eigenvalue weighted by atomic mass is 14.7. The van der Waals surface area contributed by atoms with Crippen LogP contribution in [0, 0.1) is 11.3 Å². The summed E-state index contributed by atoms with van der Waals surface area (Å²) in [7, 11) is 0. The molecule has 0 saturated carbocycles. The lowest BCUT2D eigenvalue weighted by atomic mass is 10.4. The monoisotopic (exact) mass is 104 g/mol. The highest BCUT2D eigenvalue weighted by Crippen LogP contribution is 2.01. The summed E-state index contributed by atoms with van der Waals surface area (Å²) in [5.41, 5.74) is 0.729. The van der Waals surface area contributed by atoms with E-state index in [0.29, 0.717) is 0 Å². The second kappa shape index (κ2) is 2.08. The lowest BCUT2D eigenvalue weighted by molar-refractivity contribution is 1.45. The Hall–Kier alpha value is -1.36. The fourth-order valence-corrected chi connectivity index (χ4v) is 0.465. The topological polar surface area (TPSA) is 36.1 Å². The molecule has 0 radical (unpaired) electrons. The molecule has 2 nitrogen and oxygen atoms in total. The van der Waals surface area contributed by atoms with Crippen molar-refractivity contribution in [2.75, 3.05) is 0 Å². The molecule has 8 heavy (non-hydrogen) atoms. The number of rotatable bonds is 0. The zero-order valence-electron chi connectivity index (χ0n) is 4.20. The number of nitriles is 1. The van der Waals surface area contributed by atoms with Gasteiger partial charge in [-0.25, -0.2) is 0 Å². The zero-order valence-corrected chi connectivity index (χ0v) is 4.20. The minimum atomic E-state index is 0.729. The lowest BCUT2D eigenvalue weighted by Crippen LogP contribution is -1.60. The van der Waals surface area contributed by atoms with E-state index in [1.807, 2.05) is 6.07 Å². The first kappa shape index (κ1) is 4.79. The molecule has 0 unspecified atom stereocenters. The summed E-state index contributed by atoms with van der Waals surface area (Å²) in [6.45, 7) is 0. The molecule has 2 heteroatoms. The minimum Gasteiger partial charge on any atom is -0.256 e. The summed E-state index contributed by atoms with van der Waals surface area (Å²) in [4.78, 5) is 3.83. The van der Waals surface area contributed by atoms with Crippen LogP contribution < -0.4 is 0 Å². The third-order valence-electron chi connectivity index (χ3n) is 0.789. The van der Waals surface area contributed by atoms with Crippen LogP contribution in [0.5, 0.6) is 0 Å². The first-order valence-corrected chi connectivity index (χ1v) is 2.24. The van der Waals surface area contributed by atoms with Gasteiger partial charge in [-0.15, -0.1) is 0 Å². The van der Waals surface area contributed by atoms with Crippen molar-refractivity contribution in [3.63, 3.8) is 0 Å². The molecular formula is C6H4N2. The van der Waals surface area contributed by atoms with Gasteiger partial charge in [0.25, 0.3) is 0 Å². The third kappa shape index (κ3) is 0.824. The predicted molar refractivity (Wildman–Crippen MR) is 31.3 cm³/mol. The van der Waals surface area contributed by atoms with E-state index in [1.165, 1.54) is 6.08 Å². The van der Waals surface area contributed by atoms with Crippen LogP contribution in [0.15, 0.2) is 28.9 Å². The van der Waals surface area contributed by atoms with Gasteiger partial charge in [0, 0.05) is 12.3 Å². The van der Waals surface area contributed by atoms with Crippen LogP contribution in [-0.2, 0) is 0 Å². The molecule has 38 valence electrons. The highest BCUT2D eigenvalue weighted by molar-refractivity contribution is 5.77. The smallest absolute Gasteiger partial charge is 0.0934 e. The first-order valence-electron chi connectivity index (χ1n) is 2.24. The Labute approximate surface area is 47.5 Å². The van der Waals surface area contributed by atoms with Gasteiger partial charge >= 0.3 is 0 Å². The second-order valence-electron chi connectivity index (χ2n) is 1.34. The summed E-state index contributed by atoms with van der Waals surface area (Å²) in [5.74, 6) is 0. The fourth-order valence-electron chi connectivity index (χ4n) is 0.465. The molecule has 1 aliphatic heterocycles. The Morgan fingerprint density at radius 1 is 1.75 bits per heavy atom. The highest BCUT2D eigenvalue weighted by Gasteiger charge is 1.88. The van der Waals surface area contributed by atoms with E-state index in [0.717, 1.165) is 5.70 Å². The lowest BCUT2D eigenvalue weighted by Gasteiger charge is -1.76. The molecule has 0 atom stereocenters. The van der Waals surface area contributed by atoms with E-state index in [2.05, 4.69) is 4.99 Å². The average molecular weight is 104 g/mol. The third-order valence-corrected chi connectivity index (χ3v) is 0.789. The Morgan fingerprint density at radius 3 is 3.12 bits per heavy atom. The van der Waals surface area contributed by atoms with Crippen LogP contribution in [0.3, 0.4) is 0 Å². The van der Waals surface area contributed by atoms with Crippen molar-refractivity contribution in [3.8, 4) is 6.07 Å². The molecule has 0 aromatic heterocycles. The van der Waals surface area contributed by atoms with E-state index in [9.17, 15) is 0 Å². The van der Waals surface area contributed by atoms with E-state index in [1.54, 1.807) is 18.4 Å². The summed E-state index contributed by atoms with van der Waals surface area (Å²) in [6, 6.07) is 1.88. The fraction of sp³-hybridized carbons (Fsp3) is 0. The van der Waals surface area contributed by atoms with Gasteiger partial charge in [0.1, 0.15) is 0 Å². The molecule has 1 rings (SSSR count). The summed E-state index contributed by atoms with van der Waals surface area (Å²) < 4.78 is 0. The van der Waals surface area contributed by atoms with Crippen molar-refractivity contribution in [3.05, 3.63) is 23.9 Å². The van der Waals surface area contributed by atoms with Gasteiger partial charge in [0.15, 0.2) is 0 Å². The molecule has 0 N–H and O–H groups in total. The number of nitrogens with zero attached hydrogens (tertiary/aromatic N) is 2. The molecular weight excluding hydrogens is 100 g/mol. The standard InChI is InChI=1S/C6H4N2/c7-4-3-6-2-1-5-8-6/h1-3,5H. The van der Waals surface area contributed by atoms with Crippen molar-refractivity contribution in [2.24, 2.45) is 4.99 Å². The van der Waals surface area contributed by atoms with E-state index >= 15 is 0 Å². The SMILES string of the molecule is N#CC=C1C=CC=N1. The maximum atomic E-state index is 8.09. The normalized spacial score (nSPS) is 19.6. The van der Waals surface area contributed by atoms with Crippen molar-refractivity contribution < 1.29 is 0 Å². The molecule has 1 heterocycles. The van der Waals surface area contributed by atoms with E-state index in [-0.39, 0.29) is 0 Å². The van der Waals surface area contributed by atoms with Gasteiger partial charge in [-0.2, -0.15) is 5.26 Å². The minimum absolute atomic E-state index is 0.729. The molecule has 0 aliphatic carbocycles. The molecule has 0 saturated heterocycles. The molecule has 0 aromatic carbocycles. The molecule has 0 bridgehead atoms. The van der Waals surface area contributed by atoms with Crippen molar-refractivity contribution in [1.82, 2.24) is 0 Å². The van der Waals surface area contributed by atoms with Gasteiger partial charge in [-0.3, -0.25) is 4.99 Å².